The molecule has 7 heteroatoms. The van der Waals surface area contributed by atoms with Crippen molar-refractivity contribution in [1.82, 2.24) is 19.9 Å². The summed E-state index contributed by atoms with van der Waals surface area (Å²) in [6.45, 7) is 1.68. The average Bonchev–Trinajstić information content (AvgIpc) is 3.23. The Kier molecular flexibility index (Phi) is 3.82. The number of amides is 1. The first-order chi connectivity index (χ1) is 11.7. The number of hydrogen-bond donors (Lipinski definition) is 1. The Morgan fingerprint density at radius 2 is 2.21 bits per heavy atom. The first-order valence-corrected chi connectivity index (χ1v) is 8.17. The van der Waals surface area contributed by atoms with Gasteiger partial charge in [0.15, 0.2) is 5.65 Å². The first kappa shape index (κ1) is 15.0. The lowest BCUT2D eigenvalue weighted by molar-refractivity contribution is 0.0940. The van der Waals surface area contributed by atoms with E-state index in [2.05, 4.69) is 20.4 Å². The summed E-state index contributed by atoms with van der Waals surface area (Å²) in [4.78, 5) is 14.7. The smallest absolute Gasteiger partial charge is 0.253 e. The van der Waals surface area contributed by atoms with Crippen LogP contribution in [0.1, 0.15) is 16.8 Å². The second-order valence-electron chi connectivity index (χ2n) is 5.90. The number of rotatable bonds is 3. The van der Waals surface area contributed by atoms with Gasteiger partial charge in [-0.15, -0.1) is 10.2 Å². The molecule has 1 atom stereocenters. The molecule has 1 aromatic carbocycles. The Morgan fingerprint density at radius 1 is 1.29 bits per heavy atom. The van der Waals surface area contributed by atoms with E-state index >= 15 is 0 Å². The summed E-state index contributed by atoms with van der Waals surface area (Å²) >= 11 is 6.05. The van der Waals surface area contributed by atoms with Crippen molar-refractivity contribution in [2.75, 3.05) is 18.0 Å². The van der Waals surface area contributed by atoms with Crippen molar-refractivity contribution in [1.29, 1.82) is 0 Å². The molecular weight excluding hydrogens is 326 g/mol. The highest BCUT2D eigenvalue weighted by molar-refractivity contribution is 6.30. The van der Waals surface area contributed by atoms with Crippen LogP contribution in [-0.4, -0.2) is 39.6 Å². The van der Waals surface area contributed by atoms with Crippen molar-refractivity contribution in [2.24, 2.45) is 0 Å². The van der Waals surface area contributed by atoms with Gasteiger partial charge in [0, 0.05) is 36.0 Å². The number of aromatic nitrogens is 3. The van der Waals surface area contributed by atoms with E-state index in [1.807, 2.05) is 24.3 Å². The number of anilines is 1. The molecule has 1 aliphatic heterocycles. The van der Waals surface area contributed by atoms with Crippen LogP contribution in [0.2, 0.25) is 5.02 Å². The zero-order chi connectivity index (χ0) is 16.5. The van der Waals surface area contributed by atoms with Gasteiger partial charge in [-0.05, 0) is 36.8 Å². The molecule has 6 nitrogen and oxygen atoms in total. The van der Waals surface area contributed by atoms with E-state index in [9.17, 15) is 4.79 Å². The van der Waals surface area contributed by atoms with Crippen LogP contribution in [-0.2, 0) is 0 Å². The molecule has 1 aliphatic rings. The quantitative estimate of drug-likeness (QED) is 0.794. The van der Waals surface area contributed by atoms with Gasteiger partial charge in [-0.1, -0.05) is 17.7 Å². The highest BCUT2D eigenvalue weighted by Crippen LogP contribution is 2.23. The molecule has 2 aromatic heterocycles. The van der Waals surface area contributed by atoms with E-state index in [1.54, 1.807) is 29.1 Å². The summed E-state index contributed by atoms with van der Waals surface area (Å²) in [6, 6.07) is 11.5. The SMILES string of the molecule is O=C(N[C@@H]1CCN(c2cccc(Cl)c2)C1)c1ccc2nncn2c1. The number of halogens is 1. The fraction of sp³-hybridized carbons (Fsp3) is 0.235. The molecule has 0 radical (unpaired) electrons. The lowest BCUT2D eigenvalue weighted by Crippen LogP contribution is -2.37. The maximum Gasteiger partial charge on any atom is 0.253 e. The third-order valence-electron chi connectivity index (χ3n) is 4.25. The molecule has 0 bridgehead atoms. The molecule has 0 spiro atoms. The van der Waals surface area contributed by atoms with Crippen molar-refractivity contribution in [3.05, 3.63) is 59.5 Å². The molecule has 1 amide bonds. The normalized spacial score (nSPS) is 17.4. The summed E-state index contributed by atoms with van der Waals surface area (Å²) in [6.07, 6.45) is 4.24. The van der Waals surface area contributed by atoms with Crippen LogP contribution in [0.25, 0.3) is 5.65 Å². The van der Waals surface area contributed by atoms with Gasteiger partial charge in [0.25, 0.3) is 5.91 Å². The molecule has 0 unspecified atom stereocenters. The number of hydrogen-bond acceptors (Lipinski definition) is 4. The van der Waals surface area contributed by atoms with Gasteiger partial charge >= 0.3 is 0 Å². The number of carbonyl (C=O) groups excluding carboxylic acids is 1. The van der Waals surface area contributed by atoms with E-state index in [-0.39, 0.29) is 11.9 Å². The summed E-state index contributed by atoms with van der Waals surface area (Å²) < 4.78 is 1.74. The number of nitrogens with zero attached hydrogens (tertiary/aromatic N) is 4. The number of nitrogens with one attached hydrogen (secondary N) is 1. The molecule has 0 aliphatic carbocycles. The maximum absolute atomic E-state index is 12.5. The Morgan fingerprint density at radius 3 is 3.08 bits per heavy atom. The molecule has 24 heavy (non-hydrogen) atoms. The van der Waals surface area contributed by atoms with Crippen molar-refractivity contribution in [3.8, 4) is 0 Å². The topological polar surface area (TPSA) is 62.5 Å². The molecule has 1 saturated heterocycles. The van der Waals surface area contributed by atoms with Crippen LogP contribution in [0, 0.1) is 0 Å². The van der Waals surface area contributed by atoms with Crippen LogP contribution in [0.3, 0.4) is 0 Å². The maximum atomic E-state index is 12.5. The zero-order valence-corrected chi connectivity index (χ0v) is 13.6. The minimum atomic E-state index is -0.0801. The fourth-order valence-corrected chi connectivity index (χ4v) is 3.20. The van der Waals surface area contributed by atoms with Crippen molar-refractivity contribution >= 4 is 28.8 Å². The van der Waals surface area contributed by atoms with Crippen LogP contribution in [0.5, 0.6) is 0 Å². The Hall–Kier alpha value is -2.60. The standard InChI is InChI=1S/C17H16ClN5O/c18-13-2-1-3-15(8-13)22-7-6-14(10-22)20-17(24)12-4-5-16-21-19-11-23(16)9-12/h1-5,8-9,11,14H,6-7,10H2,(H,20,24)/t14-/m1/s1. The summed E-state index contributed by atoms with van der Waals surface area (Å²) in [5.41, 5.74) is 2.41. The van der Waals surface area contributed by atoms with Crippen molar-refractivity contribution < 1.29 is 4.79 Å². The van der Waals surface area contributed by atoms with Gasteiger partial charge in [0.2, 0.25) is 0 Å². The molecule has 1 N–H and O–H groups in total. The van der Waals surface area contributed by atoms with E-state index in [0.29, 0.717) is 5.56 Å². The predicted octanol–water partition coefficient (Wildman–Crippen LogP) is 2.39. The molecule has 122 valence electrons. The lowest BCUT2D eigenvalue weighted by Gasteiger charge is -2.19. The van der Waals surface area contributed by atoms with Gasteiger partial charge < -0.3 is 10.2 Å². The number of pyridine rings is 1. The van der Waals surface area contributed by atoms with Gasteiger partial charge in [0.1, 0.15) is 6.33 Å². The van der Waals surface area contributed by atoms with E-state index in [4.69, 9.17) is 11.6 Å². The summed E-state index contributed by atoms with van der Waals surface area (Å²) in [5.74, 6) is -0.0801. The summed E-state index contributed by atoms with van der Waals surface area (Å²) in [5, 5.41) is 11.6. The highest BCUT2D eigenvalue weighted by atomic mass is 35.5. The van der Waals surface area contributed by atoms with Gasteiger partial charge in [0.05, 0.1) is 5.56 Å². The van der Waals surface area contributed by atoms with Gasteiger partial charge in [-0.25, -0.2) is 0 Å². The third kappa shape index (κ3) is 2.92. The minimum Gasteiger partial charge on any atom is -0.369 e. The van der Waals surface area contributed by atoms with Crippen molar-refractivity contribution in [3.63, 3.8) is 0 Å². The Bertz CT molecular complexity index is 893. The molecule has 4 rings (SSSR count). The highest BCUT2D eigenvalue weighted by Gasteiger charge is 2.24. The Labute approximate surface area is 144 Å². The second-order valence-corrected chi connectivity index (χ2v) is 6.34. The zero-order valence-electron chi connectivity index (χ0n) is 12.9. The van der Waals surface area contributed by atoms with E-state index in [0.717, 1.165) is 35.9 Å². The molecule has 3 heterocycles. The van der Waals surface area contributed by atoms with Gasteiger partial charge in [-0.3, -0.25) is 9.20 Å². The second kappa shape index (κ2) is 6.13. The molecule has 3 aromatic rings. The van der Waals surface area contributed by atoms with E-state index < -0.39 is 0 Å². The van der Waals surface area contributed by atoms with Crippen molar-refractivity contribution in [2.45, 2.75) is 12.5 Å². The number of benzene rings is 1. The van der Waals surface area contributed by atoms with E-state index in [1.165, 1.54) is 0 Å². The summed E-state index contributed by atoms with van der Waals surface area (Å²) in [7, 11) is 0. The lowest BCUT2D eigenvalue weighted by atomic mass is 10.2. The molecular formula is C17H16ClN5O. The van der Waals surface area contributed by atoms with Gasteiger partial charge in [-0.2, -0.15) is 0 Å². The minimum absolute atomic E-state index is 0.0801. The number of fused-ring (bicyclic) bond motifs is 1. The van der Waals surface area contributed by atoms with Crippen LogP contribution in [0.4, 0.5) is 5.69 Å². The largest absolute Gasteiger partial charge is 0.369 e. The van der Waals surface area contributed by atoms with Crippen LogP contribution in [0.15, 0.2) is 48.9 Å². The third-order valence-corrected chi connectivity index (χ3v) is 4.49. The number of carbonyl (C=O) groups is 1. The van der Waals surface area contributed by atoms with Crippen LogP contribution < -0.4 is 10.2 Å². The fourth-order valence-electron chi connectivity index (χ4n) is 3.02. The predicted molar refractivity (Wildman–Crippen MR) is 92.5 cm³/mol. The Balaban J connectivity index is 1.43. The van der Waals surface area contributed by atoms with Crippen LogP contribution >= 0.6 is 11.6 Å². The monoisotopic (exact) mass is 341 g/mol. The first-order valence-electron chi connectivity index (χ1n) is 7.80. The molecule has 0 saturated carbocycles. The molecule has 1 fully saturated rings. The average molecular weight is 342 g/mol.